The summed E-state index contributed by atoms with van der Waals surface area (Å²) in [4.78, 5) is 29.1. The Labute approximate surface area is 183 Å². The van der Waals surface area contributed by atoms with Gasteiger partial charge in [0.2, 0.25) is 0 Å². The zero-order chi connectivity index (χ0) is 18.8. The molecule has 1 aliphatic rings. The molecule has 4 rings (SSSR count). The summed E-state index contributed by atoms with van der Waals surface area (Å²) in [6, 6.07) is 13.0. The Hall–Kier alpha value is -2.32. The van der Waals surface area contributed by atoms with Gasteiger partial charge in [0.1, 0.15) is 11.6 Å². The summed E-state index contributed by atoms with van der Waals surface area (Å²) in [7, 11) is 0. The molecule has 0 aliphatic carbocycles. The first-order chi connectivity index (χ1) is 13.1. The fourth-order valence-corrected chi connectivity index (χ4v) is 3.11. The quantitative estimate of drug-likeness (QED) is 0.664. The summed E-state index contributed by atoms with van der Waals surface area (Å²) in [5.41, 5.74) is 0.609. The number of para-hydroxylation sites is 1. The monoisotopic (exact) mass is 390 g/mol. The van der Waals surface area contributed by atoms with E-state index in [0.717, 1.165) is 0 Å². The number of aromatic carboxylic acids is 1. The second-order valence-electron chi connectivity index (χ2n) is 6.23. The van der Waals surface area contributed by atoms with Crippen LogP contribution in [0, 0.1) is 0 Å². The molecular weight excluding hydrogens is 371 g/mol. The second kappa shape index (κ2) is 8.79. The number of ether oxygens (including phenoxy) is 2. The van der Waals surface area contributed by atoms with Crippen LogP contribution in [0.3, 0.4) is 0 Å². The summed E-state index contributed by atoms with van der Waals surface area (Å²) in [5.74, 6) is 0.537. The summed E-state index contributed by atoms with van der Waals surface area (Å²) in [5, 5.41) is 9.66. The number of nitrogens with one attached hydrogen (secondary N) is 1. The summed E-state index contributed by atoms with van der Waals surface area (Å²) >= 11 is 0. The van der Waals surface area contributed by atoms with E-state index >= 15 is 0 Å². The maximum atomic E-state index is 12.6. The van der Waals surface area contributed by atoms with Gasteiger partial charge in [-0.25, -0.2) is 4.79 Å². The number of H-pyrrole nitrogens is 1. The van der Waals surface area contributed by atoms with Crippen LogP contribution in [0.1, 0.15) is 10.4 Å². The van der Waals surface area contributed by atoms with Crippen molar-refractivity contribution in [2.45, 2.75) is 0 Å². The fraction of sp³-hybridized carbons (Fsp3) is 0.200. The Morgan fingerprint density at radius 3 is 2.61 bits per heavy atom. The van der Waals surface area contributed by atoms with E-state index < -0.39 is 5.97 Å². The number of anilines is 1. The molecule has 2 aromatic carbocycles. The molecule has 3 aromatic rings. The SMILES string of the molecule is O=C(O)c1cccc(Oc2cccc3c(=O)cc(N4CCOCC4)[nH]c23)c1.[NaH]. The van der Waals surface area contributed by atoms with E-state index in [1.165, 1.54) is 12.1 Å². The molecule has 1 fully saturated rings. The van der Waals surface area contributed by atoms with Gasteiger partial charge in [0.25, 0.3) is 0 Å². The molecule has 0 unspecified atom stereocenters. The number of carboxylic acids is 1. The molecule has 0 saturated carbocycles. The number of carbonyl (C=O) groups is 1. The standard InChI is InChI=1S/C20H18N2O5.Na.H/c23-16-12-18(22-7-9-26-10-8-22)21-19-15(16)5-2-6-17(19)27-14-4-1-3-13(11-14)20(24)25;;/h1-6,11-12H,7-10H2,(H,21,23)(H,24,25);;. The van der Waals surface area contributed by atoms with Gasteiger partial charge >= 0.3 is 35.5 Å². The van der Waals surface area contributed by atoms with Gasteiger partial charge in [-0.2, -0.15) is 0 Å². The minimum atomic E-state index is -1.03. The number of morpholine rings is 1. The predicted molar refractivity (Wildman–Crippen MR) is 108 cm³/mol. The molecule has 1 saturated heterocycles. The molecule has 0 amide bonds. The number of carboxylic acid groups (broad SMARTS) is 1. The molecule has 28 heavy (non-hydrogen) atoms. The Morgan fingerprint density at radius 1 is 1.11 bits per heavy atom. The van der Waals surface area contributed by atoms with Gasteiger partial charge in [0, 0.05) is 24.5 Å². The van der Waals surface area contributed by atoms with E-state index in [1.807, 2.05) is 0 Å². The van der Waals surface area contributed by atoms with Crippen LogP contribution in [0.25, 0.3) is 10.9 Å². The van der Waals surface area contributed by atoms with Crippen LogP contribution in [0.2, 0.25) is 0 Å². The third kappa shape index (κ3) is 4.23. The van der Waals surface area contributed by atoms with Crippen molar-refractivity contribution in [2.24, 2.45) is 0 Å². The number of nitrogens with zero attached hydrogens (tertiary/aromatic N) is 1. The number of aromatic amines is 1. The Morgan fingerprint density at radius 2 is 1.86 bits per heavy atom. The molecule has 0 atom stereocenters. The Kier molecular flexibility index (Phi) is 6.41. The summed E-state index contributed by atoms with van der Waals surface area (Å²) in [6.45, 7) is 2.62. The summed E-state index contributed by atoms with van der Waals surface area (Å²) < 4.78 is 11.3. The van der Waals surface area contributed by atoms with E-state index in [4.69, 9.17) is 14.6 Å². The average molecular weight is 390 g/mol. The van der Waals surface area contributed by atoms with Crippen molar-refractivity contribution in [1.29, 1.82) is 0 Å². The van der Waals surface area contributed by atoms with E-state index in [9.17, 15) is 9.59 Å². The number of benzene rings is 2. The number of pyridine rings is 1. The van der Waals surface area contributed by atoms with Crippen LogP contribution >= 0.6 is 0 Å². The number of fused-ring (bicyclic) bond motifs is 1. The van der Waals surface area contributed by atoms with Crippen LogP contribution < -0.4 is 15.1 Å². The van der Waals surface area contributed by atoms with Crippen molar-refractivity contribution in [1.82, 2.24) is 4.98 Å². The van der Waals surface area contributed by atoms with Gasteiger partial charge in [0.05, 0.1) is 24.3 Å². The molecule has 0 radical (unpaired) electrons. The zero-order valence-electron chi connectivity index (χ0n) is 14.5. The first-order valence-electron chi connectivity index (χ1n) is 8.62. The van der Waals surface area contributed by atoms with Gasteiger partial charge in [-0.05, 0) is 30.3 Å². The molecule has 2 heterocycles. The molecule has 140 valence electrons. The van der Waals surface area contributed by atoms with E-state index in [-0.39, 0.29) is 40.5 Å². The normalized spacial score (nSPS) is 13.8. The maximum absolute atomic E-state index is 12.6. The molecular formula is C20H19N2NaO5. The van der Waals surface area contributed by atoms with Gasteiger partial charge < -0.3 is 24.5 Å². The first-order valence-corrected chi connectivity index (χ1v) is 8.62. The van der Waals surface area contributed by atoms with E-state index in [0.29, 0.717) is 54.5 Å². The van der Waals surface area contributed by atoms with Gasteiger partial charge in [-0.3, -0.25) is 4.79 Å². The number of hydrogen-bond donors (Lipinski definition) is 2. The van der Waals surface area contributed by atoms with Crippen molar-refractivity contribution in [3.05, 3.63) is 64.3 Å². The van der Waals surface area contributed by atoms with Crippen molar-refractivity contribution >= 4 is 52.2 Å². The second-order valence-corrected chi connectivity index (χ2v) is 6.23. The van der Waals surface area contributed by atoms with Crippen LogP contribution in [0.5, 0.6) is 11.5 Å². The summed E-state index contributed by atoms with van der Waals surface area (Å²) in [6.07, 6.45) is 0. The van der Waals surface area contributed by atoms with Crippen LogP contribution in [0.4, 0.5) is 5.82 Å². The third-order valence-corrected chi connectivity index (χ3v) is 4.47. The fourth-order valence-electron chi connectivity index (χ4n) is 3.11. The zero-order valence-corrected chi connectivity index (χ0v) is 14.5. The molecule has 0 spiro atoms. The average Bonchev–Trinajstić information content (AvgIpc) is 2.69. The van der Waals surface area contributed by atoms with Crippen molar-refractivity contribution in [2.75, 3.05) is 31.2 Å². The topological polar surface area (TPSA) is 91.9 Å². The number of aromatic nitrogens is 1. The van der Waals surface area contributed by atoms with Crippen LogP contribution in [0.15, 0.2) is 53.3 Å². The van der Waals surface area contributed by atoms with Crippen LogP contribution in [-0.4, -0.2) is 71.9 Å². The Balaban J connectivity index is 0.00000225. The Bertz CT molecular complexity index is 1060. The van der Waals surface area contributed by atoms with Crippen LogP contribution in [-0.2, 0) is 4.74 Å². The molecule has 0 bridgehead atoms. The van der Waals surface area contributed by atoms with Gasteiger partial charge in [-0.15, -0.1) is 0 Å². The number of hydrogen-bond acceptors (Lipinski definition) is 5. The van der Waals surface area contributed by atoms with Gasteiger partial charge in [0.15, 0.2) is 11.2 Å². The third-order valence-electron chi connectivity index (χ3n) is 4.47. The predicted octanol–water partition coefficient (Wildman–Crippen LogP) is 2.21. The van der Waals surface area contributed by atoms with Crippen molar-refractivity contribution in [3.63, 3.8) is 0 Å². The molecule has 2 N–H and O–H groups in total. The molecule has 1 aliphatic heterocycles. The van der Waals surface area contributed by atoms with E-state index in [2.05, 4.69) is 9.88 Å². The molecule has 7 nitrogen and oxygen atoms in total. The van der Waals surface area contributed by atoms with Crippen molar-refractivity contribution < 1.29 is 19.4 Å². The van der Waals surface area contributed by atoms with Crippen molar-refractivity contribution in [3.8, 4) is 11.5 Å². The van der Waals surface area contributed by atoms with E-state index in [1.54, 1.807) is 36.4 Å². The molecule has 8 heteroatoms. The first kappa shape index (κ1) is 20.4. The minimum absolute atomic E-state index is 0. The van der Waals surface area contributed by atoms with Gasteiger partial charge in [-0.1, -0.05) is 12.1 Å². The number of rotatable bonds is 4. The molecule has 1 aromatic heterocycles.